The van der Waals surface area contributed by atoms with E-state index in [0.29, 0.717) is 37.6 Å². The smallest absolute Gasteiger partial charge is 0.410 e. The Morgan fingerprint density at radius 2 is 1.72 bits per heavy atom. The number of rotatable bonds is 8. The molecule has 0 aromatic heterocycles. The summed E-state index contributed by atoms with van der Waals surface area (Å²) in [5.41, 5.74) is 0.234. The fraction of sp³-hybridized carbons (Fsp3) is 0.458. The van der Waals surface area contributed by atoms with Crippen molar-refractivity contribution in [3.05, 3.63) is 48.0 Å². The maximum absolute atomic E-state index is 13.0. The number of nitrogens with zero attached hydrogens (tertiary/aromatic N) is 2. The first-order valence-corrected chi connectivity index (χ1v) is 12.8. The number of alkyl halides is 2. The average Bonchev–Trinajstić information content (AvgIpc) is 2.82. The molecule has 0 radical (unpaired) electrons. The van der Waals surface area contributed by atoms with E-state index in [-0.39, 0.29) is 22.8 Å². The summed E-state index contributed by atoms with van der Waals surface area (Å²) in [7, 11) is -2.51. The average molecular weight is 528 g/mol. The van der Waals surface area contributed by atoms with Crippen LogP contribution in [0.4, 0.5) is 19.3 Å². The Hall–Kier alpha value is -3.12. The van der Waals surface area contributed by atoms with Gasteiger partial charge in [-0.05, 0) is 45.0 Å². The van der Waals surface area contributed by atoms with Gasteiger partial charge in [0.05, 0.1) is 17.7 Å². The maximum atomic E-state index is 13.0. The van der Waals surface area contributed by atoms with E-state index in [9.17, 15) is 22.0 Å². The molecule has 0 atom stereocenters. The zero-order chi connectivity index (χ0) is 26.5. The molecule has 1 aliphatic rings. The van der Waals surface area contributed by atoms with Gasteiger partial charge in [-0.25, -0.2) is 17.9 Å². The normalized spacial score (nSPS) is 14.6. The summed E-state index contributed by atoms with van der Waals surface area (Å²) in [5.74, 6) is 0.379. The summed E-state index contributed by atoms with van der Waals surface area (Å²) in [5, 5.41) is 0. The molecule has 9 nitrogen and oxygen atoms in total. The minimum absolute atomic E-state index is 0.0138. The van der Waals surface area contributed by atoms with Crippen LogP contribution in [-0.2, 0) is 21.3 Å². The molecule has 1 heterocycles. The van der Waals surface area contributed by atoms with Crippen molar-refractivity contribution < 1.29 is 36.2 Å². The molecule has 0 saturated carbocycles. The van der Waals surface area contributed by atoms with Gasteiger partial charge in [0.2, 0.25) is 10.0 Å². The van der Waals surface area contributed by atoms with Crippen molar-refractivity contribution in [3.8, 4) is 11.5 Å². The predicted octanol–water partition coefficient (Wildman–Crippen LogP) is 3.83. The number of benzene rings is 2. The van der Waals surface area contributed by atoms with Gasteiger partial charge in [-0.1, -0.05) is 18.2 Å². The van der Waals surface area contributed by atoms with Crippen molar-refractivity contribution in [2.45, 2.75) is 44.4 Å². The van der Waals surface area contributed by atoms with Crippen molar-refractivity contribution in [3.63, 3.8) is 0 Å². The first kappa shape index (κ1) is 27.5. The van der Waals surface area contributed by atoms with Crippen LogP contribution in [0.15, 0.2) is 47.4 Å². The quantitative estimate of drug-likeness (QED) is 0.557. The summed E-state index contributed by atoms with van der Waals surface area (Å²) in [4.78, 5) is 15.9. The number of carbonyl (C=O) groups is 1. The molecule has 1 aliphatic heterocycles. The molecule has 1 saturated heterocycles. The first-order valence-electron chi connectivity index (χ1n) is 11.3. The van der Waals surface area contributed by atoms with Crippen LogP contribution in [0.1, 0.15) is 26.3 Å². The number of hydrogen-bond donors (Lipinski definition) is 1. The zero-order valence-corrected chi connectivity index (χ0v) is 21.5. The van der Waals surface area contributed by atoms with Crippen molar-refractivity contribution >= 4 is 21.8 Å². The van der Waals surface area contributed by atoms with Crippen LogP contribution in [-0.4, -0.2) is 64.9 Å². The standard InChI is InChI=1S/C24H31F2N3O6S/c1-24(2,3)35-23(30)29-13-11-28(12-14-29)19-15-18(9-10-21(19)33-4)36(31,32)27-16-17-7-5-6-8-20(17)34-22(25)26/h5-10,15,22,27H,11-14,16H2,1-4H3. The van der Waals surface area contributed by atoms with E-state index in [1.165, 1.54) is 37.4 Å². The predicted molar refractivity (Wildman–Crippen MR) is 130 cm³/mol. The van der Waals surface area contributed by atoms with Gasteiger partial charge in [-0.3, -0.25) is 0 Å². The largest absolute Gasteiger partial charge is 0.495 e. The summed E-state index contributed by atoms with van der Waals surface area (Å²) < 4.78 is 69.1. The molecule has 3 rings (SSSR count). The van der Waals surface area contributed by atoms with Gasteiger partial charge in [0, 0.05) is 38.3 Å². The maximum Gasteiger partial charge on any atom is 0.410 e. The molecular formula is C24H31F2N3O6S. The SMILES string of the molecule is COc1ccc(S(=O)(=O)NCc2ccccc2OC(F)F)cc1N1CCN(C(=O)OC(C)(C)C)CC1. The van der Waals surface area contributed by atoms with Crippen LogP contribution >= 0.6 is 0 Å². The van der Waals surface area contributed by atoms with Gasteiger partial charge in [0.25, 0.3) is 0 Å². The molecule has 2 aromatic rings. The van der Waals surface area contributed by atoms with E-state index in [1.807, 2.05) is 4.90 Å². The summed E-state index contributed by atoms with van der Waals surface area (Å²) in [6, 6.07) is 10.4. The molecule has 0 unspecified atom stereocenters. The lowest BCUT2D eigenvalue weighted by molar-refractivity contribution is -0.0504. The lowest BCUT2D eigenvalue weighted by atomic mass is 10.2. The number of methoxy groups -OCH3 is 1. The molecule has 12 heteroatoms. The molecule has 198 valence electrons. The van der Waals surface area contributed by atoms with Gasteiger partial charge in [0.1, 0.15) is 17.1 Å². The second kappa shape index (κ2) is 11.3. The van der Waals surface area contributed by atoms with Gasteiger partial charge in [-0.15, -0.1) is 0 Å². The molecule has 1 amide bonds. The Labute approximate surface area is 210 Å². The number of carbonyl (C=O) groups excluding carboxylic acids is 1. The van der Waals surface area contributed by atoms with E-state index >= 15 is 0 Å². The van der Waals surface area contributed by atoms with Crippen molar-refractivity contribution in [2.24, 2.45) is 0 Å². The third-order valence-corrected chi connectivity index (χ3v) is 6.77. The van der Waals surface area contributed by atoms with Crippen molar-refractivity contribution in [1.29, 1.82) is 0 Å². The number of hydrogen-bond acceptors (Lipinski definition) is 7. The van der Waals surface area contributed by atoms with Crippen LogP contribution < -0.4 is 19.1 Å². The van der Waals surface area contributed by atoms with E-state index in [0.717, 1.165) is 0 Å². The molecule has 0 aliphatic carbocycles. The summed E-state index contributed by atoms with van der Waals surface area (Å²) in [6.45, 7) is 3.84. The Balaban J connectivity index is 1.74. The van der Waals surface area contributed by atoms with Crippen LogP contribution in [0.2, 0.25) is 0 Å². The number of sulfonamides is 1. The van der Waals surface area contributed by atoms with Gasteiger partial charge < -0.3 is 24.0 Å². The lowest BCUT2D eigenvalue weighted by Crippen LogP contribution is -2.50. The van der Waals surface area contributed by atoms with E-state index in [2.05, 4.69) is 9.46 Å². The van der Waals surface area contributed by atoms with Crippen LogP contribution in [0.25, 0.3) is 0 Å². The highest BCUT2D eigenvalue weighted by atomic mass is 32.2. The Morgan fingerprint density at radius 1 is 1.06 bits per heavy atom. The number of para-hydroxylation sites is 1. The molecule has 0 bridgehead atoms. The molecular weight excluding hydrogens is 496 g/mol. The van der Waals surface area contributed by atoms with Gasteiger partial charge in [0.15, 0.2) is 0 Å². The zero-order valence-electron chi connectivity index (χ0n) is 20.7. The number of anilines is 1. The summed E-state index contributed by atoms with van der Waals surface area (Å²) >= 11 is 0. The fourth-order valence-corrected chi connectivity index (χ4v) is 4.68. The van der Waals surface area contributed by atoms with E-state index in [4.69, 9.17) is 9.47 Å². The van der Waals surface area contributed by atoms with Crippen molar-refractivity contribution in [1.82, 2.24) is 9.62 Å². The van der Waals surface area contributed by atoms with Gasteiger partial charge >= 0.3 is 12.7 Å². The third kappa shape index (κ3) is 7.20. The fourth-order valence-electron chi connectivity index (χ4n) is 3.66. The number of halogens is 2. The van der Waals surface area contributed by atoms with Crippen LogP contribution in [0.3, 0.4) is 0 Å². The molecule has 1 fully saturated rings. The lowest BCUT2D eigenvalue weighted by Gasteiger charge is -2.37. The Bertz CT molecular complexity index is 1160. The second-order valence-corrected chi connectivity index (χ2v) is 10.9. The number of nitrogens with one attached hydrogen (secondary N) is 1. The Morgan fingerprint density at radius 3 is 2.33 bits per heavy atom. The van der Waals surface area contributed by atoms with Crippen LogP contribution in [0.5, 0.6) is 11.5 Å². The highest BCUT2D eigenvalue weighted by Crippen LogP contribution is 2.32. The minimum Gasteiger partial charge on any atom is -0.495 e. The highest BCUT2D eigenvalue weighted by molar-refractivity contribution is 7.89. The topological polar surface area (TPSA) is 97.4 Å². The van der Waals surface area contributed by atoms with Gasteiger partial charge in [-0.2, -0.15) is 8.78 Å². The molecule has 1 N–H and O–H groups in total. The molecule has 36 heavy (non-hydrogen) atoms. The van der Waals surface area contributed by atoms with Crippen LogP contribution in [0, 0.1) is 0 Å². The third-order valence-electron chi connectivity index (χ3n) is 5.37. The first-order chi connectivity index (χ1) is 16.9. The van der Waals surface area contributed by atoms with E-state index in [1.54, 1.807) is 37.8 Å². The van der Waals surface area contributed by atoms with E-state index < -0.39 is 28.3 Å². The molecule has 2 aromatic carbocycles. The highest BCUT2D eigenvalue weighted by Gasteiger charge is 2.28. The monoisotopic (exact) mass is 527 g/mol. The second-order valence-electron chi connectivity index (χ2n) is 9.10. The summed E-state index contributed by atoms with van der Waals surface area (Å²) in [6.07, 6.45) is -0.397. The number of ether oxygens (including phenoxy) is 3. The molecule has 0 spiro atoms. The Kier molecular flexibility index (Phi) is 8.62. The minimum atomic E-state index is -3.99. The van der Waals surface area contributed by atoms with Crippen molar-refractivity contribution in [2.75, 3.05) is 38.2 Å². The number of amides is 1. The number of piperazine rings is 1.